The Kier molecular flexibility index (Phi) is 2.86. The van der Waals surface area contributed by atoms with Crippen molar-refractivity contribution in [2.24, 2.45) is 0 Å². The fourth-order valence-electron chi connectivity index (χ4n) is 2.98. The van der Waals surface area contributed by atoms with Crippen LogP contribution in [0.1, 0.15) is 29.8 Å². The lowest BCUT2D eigenvalue weighted by atomic mass is 9.93. The van der Waals surface area contributed by atoms with E-state index >= 15 is 0 Å². The maximum atomic E-state index is 10.4. The molecule has 1 aliphatic rings. The molecule has 4 rings (SSSR count). The monoisotopic (exact) mass is 277 g/mol. The molecule has 1 unspecified atom stereocenters. The lowest BCUT2D eigenvalue weighted by molar-refractivity contribution is 0.0663. The van der Waals surface area contributed by atoms with Gasteiger partial charge in [0.25, 0.3) is 0 Å². The lowest BCUT2D eigenvalue weighted by Gasteiger charge is -2.30. The van der Waals surface area contributed by atoms with Gasteiger partial charge in [-0.3, -0.25) is 4.98 Å². The number of para-hydroxylation sites is 1. The highest BCUT2D eigenvalue weighted by molar-refractivity contribution is 5.85. The first-order valence-corrected chi connectivity index (χ1v) is 7.09. The van der Waals surface area contributed by atoms with Crippen molar-refractivity contribution in [3.63, 3.8) is 0 Å². The van der Waals surface area contributed by atoms with Crippen LogP contribution in [0, 0.1) is 0 Å². The number of hydrogen-bond donors (Lipinski definition) is 1. The van der Waals surface area contributed by atoms with Crippen LogP contribution in [-0.4, -0.2) is 10.1 Å². The molecule has 0 saturated carbocycles. The number of pyridine rings is 1. The summed E-state index contributed by atoms with van der Waals surface area (Å²) in [6.45, 7) is 0. The molecule has 2 heterocycles. The minimum absolute atomic E-state index is 0.173. The highest BCUT2D eigenvalue weighted by atomic mass is 16.5. The maximum absolute atomic E-state index is 10.4. The number of aliphatic hydroxyl groups excluding tert-OH is 1. The number of fused-ring (bicyclic) bond motifs is 2. The van der Waals surface area contributed by atoms with Gasteiger partial charge in [-0.05, 0) is 11.5 Å². The van der Waals surface area contributed by atoms with Crippen LogP contribution < -0.4 is 4.74 Å². The van der Waals surface area contributed by atoms with Crippen LogP contribution in [0.4, 0.5) is 0 Å². The zero-order valence-corrected chi connectivity index (χ0v) is 11.4. The summed E-state index contributed by atoms with van der Waals surface area (Å²) in [5.41, 5.74) is 1.89. The molecule has 3 heteroatoms. The van der Waals surface area contributed by atoms with E-state index in [0.29, 0.717) is 6.42 Å². The molecule has 21 heavy (non-hydrogen) atoms. The smallest absolute Gasteiger partial charge is 0.129 e. The largest absolute Gasteiger partial charge is 0.485 e. The van der Waals surface area contributed by atoms with Crippen molar-refractivity contribution in [1.82, 2.24) is 4.98 Å². The highest BCUT2D eigenvalue weighted by Crippen LogP contribution is 2.41. The third-order valence-corrected chi connectivity index (χ3v) is 4.03. The number of aliphatic hydroxyl groups is 1. The van der Waals surface area contributed by atoms with Crippen molar-refractivity contribution < 1.29 is 9.84 Å². The molecule has 0 fully saturated rings. The molecule has 0 radical (unpaired) electrons. The van der Waals surface area contributed by atoms with E-state index in [1.807, 2.05) is 54.9 Å². The van der Waals surface area contributed by atoms with Crippen LogP contribution in [0.3, 0.4) is 0 Å². The summed E-state index contributed by atoms with van der Waals surface area (Å²) in [4.78, 5) is 4.31. The molecular formula is C18H15NO2. The van der Waals surface area contributed by atoms with Gasteiger partial charge >= 0.3 is 0 Å². The van der Waals surface area contributed by atoms with Gasteiger partial charge in [0.15, 0.2) is 0 Å². The first-order chi connectivity index (χ1) is 10.3. The van der Waals surface area contributed by atoms with Crippen LogP contribution in [0.15, 0.2) is 60.9 Å². The van der Waals surface area contributed by atoms with Crippen molar-refractivity contribution in [1.29, 1.82) is 0 Å². The van der Waals surface area contributed by atoms with Crippen LogP contribution in [-0.2, 0) is 0 Å². The van der Waals surface area contributed by atoms with Crippen molar-refractivity contribution in [2.45, 2.75) is 18.6 Å². The third-order valence-electron chi connectivity index (χ3n) is 4.03. The molecule has 0 saturated heterocycles. The molecular weight excluding hydrogens is 262 g/mol. The standard InChI is InChI=1S/C18H15NO2/c20-16-9-18(21-17-8-4-3-7-14(16)17)15-11-19-10-12-5-1-2-6-13(12)15/h1-8,10-11,16,18,20H,9H2/t16-,18?/m0/s1. The Morgan fingerprint density at radius 1 is 0.952 bits per heavy atom. The Morgan fingerprint density at radius 3 is 2.71 bits per heavy atom. The van der Waals surface area contributed by atoms with Crippen molar-refractivity contribution in [3.05, 3.63) is 72.1 Å². The molecule has 0 amide bonds. The van der Waals surface area contributed by atoms with E-state index in [1.165, 1.54) is 0 Å². The molecule has 1 N–H and O–H groups in total. The molecule has 104 valence electrons. The van der Waals surface area contributed by atoms with Crippen molar-refractivity contribution in [3.8, 4) is 5.75 Å². The first kappa shape index (κ1) is 12.4. The summed E-state index contributed by atoms with van der Waals surface area (Å²) in [6, 6.07) is 15.8. The van der Waals surface area contributed by atoms with Crippen molar-refractivity contribution in [2.75, 3.05) is 0 Å². The molecule has 0 bridgehead atoms. The molecule has 0 spiro atoms. The number of benzene rings is 2. The predicted molar refractivity (Wildman–Crippen MR) is 81.1 cm³/mol. The van der Waals surface area contributed by atoms with E-state index in [2.05, 4.69) is 11.1 Å². The normalized spacial score (nSPS) is 20.8. The molecule has 1 aromatic heterocycles. The van der Waals surface area contributed by atoms with Gasteiger partial charge in [-0.15, -0.1) is 0 Å². The van der Waals surface area contributed by atoms with Crippen LogP contribution >= 0.6 is 0 Å². The first-order valence-electron chi connectivity index (χ1n) is 7.09. The number of hydrogen-bond acceptors (Lipinski definition) is 3. The van der Waals surface area contributed by atoms with Crippen LogP contribution in [0.5, 0.6) is 5.75 Å². The lowest BCUT2D eigenvalue weighted by Crippen LogP contribution is -2.19. The Labute approximate surface area is 122 Å². The Balaban J connectivity index is 1.81. The molecule has 2 aromatic carbocycles. The maximum Gasteiger partial charge on any atom is 0.129 e. The summed E-state index contributed by atoms with van der Waals surface area (Å²) in [5.74, 6) is 0.759. The second kappa shape index (κ2) is 4.86. The highest BCUT2D eigenvalue weighted by Gasteiger charge is 2.28. The molecule has 2 atom stereocenters. The van der Waals surface area contributed by atoms with Gasteiger partial charge in [0.05, 0.1) is 6.10 Å². The number of nitrogens with zero attached hydrogens (tertiary/aromatic N) is 1. The zero-order chi connectivity index (χ0) is 14.2. The number of rotatable bonds is 1. The van der Waals surface area contributed by atoms with Gasteiger partial charge in [0, 0.05) is 35.3 Å². The van der Waals surface area contributed by atoms with Gasteiger partial charge in [0.1, 0.15) is 11.9 Å². The number of aromatic nitrogens is 1. The van der Waals surface area contributed by atoms with Crippen LogP contribution in [0.25, 0.3) is 10.8 Å². The second-order valence-corrected chi connectivity index (χ2v) is 5.35. The van der Waals surface area contributed by atoms with Gasteiger partial charge < -0.3 is 9.84 Å². The van der Waals surface area contributed by atoms with E-state index in [9.17, 15) is 5.11 Å². The van der Waals surface area contributed by atoms with E-state index in [4.69, 9.17) is 4.74 Å². The van der Waals surface area contributed by atoms with E-state index in [0.717, 1.165) is 27.6 Å². The van der Waals surface area contributed by atoms with Gasteiger partial charge in [-0.1, -0.05) is 42.5 Å². The second-order valence-electron chi connectivity index (χ2n) is 5.35. The summed E-state index contributed by atoms with van der Waals surface area (Å²) in [6.07, 6.45) is 3.57. The fourth-order valence-corrected chi connectivity index (χ4v) is 2.98. The predicted octanol–water partition coefficient (Wildman–Crippen LogP) is 3.79. The van der Waals surface area contributed by atoms with E-state index < -0.39 is 6.10 Å². The minimum Gasteiger partial charge on any atom is -0.485 e. The average Bonchev–Trinajstić information content (AvgIpc) is 2.54. The summed E-state index contributed by atoms with van der Waals surface area (Å²) in [7, 11) is 0. The minimum atomic E-state index is -0.501. The molecule has 1 aliphatic heterocycles. The summed E-state index contributed by atoms with van der Waals surface area (Å²) in [5, 5.41) is 12.6. The van der Waals surface area contributed by atoms with E-state index in [1.54, 1.807) is 0 Å². The quantitative estimate of drug-likeness (QED) is 0.735. The average molecular weight is 277 g/mol. The zero-order valence-electron chi connectivity index (χ0n) is 11.4. The number of ether oxygens (including phenoxy) is 1. The van der Waals surface area contributed by atoms with Crippen molar-refractivity contribution >= 4 is 10.8 Å². The molecule has 3 aromatic rings. The van der Waals surface area contributed by atoms with Gasteiger partial charge in [-0.2, -0.15) is 0 Å². The van der Waals surface area contributed by atoms with Gasteiger partial charge in [0.2, 0.25) is 0 Å². The third kappa shape index (κ3) is 2.06. The fraction of sp³-hybridized carbons (Fsp3) is 0.167. The van der Waals surface area contributed by atoms with E-state index in [-0.39, 0.29) is 6.10 Å². The Hall–Kier alpha value is -2.39. The van der Waals surface area contributed by atoms with Gasteiger partial charge in [-0.25, -0.2) is 0 Å². The topological polar surface area (TPSA) is 42.4 Å². The Morgan fingerprint density at radius 2 is 1.76 bits per heavy atom. The molecule has 3 nitrogen and oxygen atoms in total. The SMILES string of the molecule is O[C@H]1CC(c2cncc3ccccc23)Oc2ccccc21. The molecule has 0 aliphatic carbocycles. The summed E-state index contributed by atoms with van der Waals surface area (Å²) < 4.78 is 6.10. The Bertz CT molecular complexity index is 795. The summed E-state index contributed by atoms with van der Waals surface area (Å²) >= 11 is 0. The van der Waals surface area contributed by atoms with Crippen LogP contribution in [0.2, 0.25) is 0 Å².